The molecule has 1 fully saturated rings. The summed E-state index contributed by atoms with van der Waals surface area (Å²) < 4.78 is 0. The molecule has 1 saturated carbocycles. The molecule has 1 amide bonds. The highest BCUT2D eigenvalue weighted by Gasteiger charge is 2.28. The Hall–Kier alpha value is -2.33. The molecule has 4 heteroatoms. The van der Waals surface area contributed by atoms with Crippen LogP contribution in [0.2, 0.25) is 0 Å². The number of nitrogens with one attached hydrogen (secondary N) is 2. The Balaban J connectivity index is 1.45. The minimum Gasteiger partial charge on any atom is -0.508 e. The maximum atomic E-state index is 13.1. The zero-order valence-corrected chi connectivity index (χ0v) is 16.4. The van der Waals surface area contributed by atoms with Crippen LogP contribution in [-0.4, -0.2) is 17.1 Å². The van der Waals surface area contributed by atoms with Gasteiger partial charge in [0.1, 0.15) is 5.75 Å². The first-order valence-electron chi connectivity index (χ1n) is 10.6. The number of aromatic hydroxyl groups is 1. The van der Waals surface area contributed by atoms with Gasteiger partial charge in [-0.15, -0.1) is 0 Å². The van der Waals surface area contributed by atoms with E-state index in [-0.39, 0.29) is 23.7 Å². The van der Waals surface area contributed by atoms with Crippen LogP contribution in [-0.2, 0) is 17.8 Å². The molecule has 4 rings (SSSR count). The smallest absolute Gasteiger partial charge is 0.237 e. The molecule has 2 aromatic rings. The van der Waals surface area contributed by atoms with Crippen LogP contribution in [0.3, 0.4) is 0 Å². The number of phenolic OH excluding ortho intramolecular Hbond substituents is 1. The van der Waals surface area contributed by atoms with Gasteiger partial charge in [0.25, 0.3) is 0 Å². The van der Waals surface area contributed by atoms with E-state index in [0.29, 0.717) is 18.9 Å². The summed E-state index contributed by atoms with van der Waals surface area (Å²) in [4.78, 5) is 13.1. The van der Waals surface area contributed by atoms with Gasteiger partial charge in [0.05, 0.1) is 12.1 Å². The molecule has 2 aromatic carbocycles. The molecule has 0 unspecified atom stereocenters. The molecule has 0 saturated heterocycles. The average Bonchev–Trinajstić information content (AvgIpc) is 2.74. The zero-order valence-electron chi connectivity index (χ0n) is 16.4. The summed E-state index contributed by atoms with van der Waals surface area (Å²) in [6.07, 6.45) is 8.20. The van der Waals surface area contributed by atoms with E-state index < -0.39 is 0 Å². The van der Waals surface area contributed by atoms with Crippen molar-refractivity contribution >= 4 is 5.91 Å². The van der Waals surface area contributed by atoms with E-state index in [0.717, 1.165) is 17.5 Å². The fourth-order valence-electron chi connectivity index (χ4n) is 4.68. The normalized spacial score (nSPS) is 20.9. The lowest BCUT2D eigenvalue weighted by Crippen LogP contribution is -2.48. The van der Waals surface area contributed by atoms with Gasteiger partial charge >= 0.3 is 0 Å². The number of fused-ring (bicyclic) bond motifs is 1. The van der Waals surface area contributed by atoms with Crippen molar-refractivity contribution in [2.75, 3.05) is 0 Å². The van der Waals surface area contributed by atoms with Crippen molar-refractivity contribution in [3.05, 3.63) is 65.2 Å². The Bertz CT molecular complexity index is 800. The molecule has 2 aliphatic rings. The van der Waals surface area contributed by atoms with Gasteiger partial charge in [0.15, 0.2) is 0 Å². The van der Waals surface area contributed by atoms with Crippen LogP contribution in [0.15, 0.2) is 48.5 Å². The van der Waals surface area contributed by atoms with Crippen LogP contribution >= 0.6 is 0 Å². The van der Waals surface area contributed by atoms with Gasteiger partial charge in [0, 0.05) is 6.54 Å². The Morgan fingerprint density at radius 2 is 1.86 bits per heavy atom. The second-order valence-electron chi connectivity index (χ2n) is 8.30. The number of benzene rings is 2. The van der Waals surface area contributed by atoms with E-state index in [2.05, 4.69) is 34.9 Å². The van der Waals surface area contributed by atoms with Crippen molar-refractivity contribution in [3.63, 3.8) is 0 Å². The number of hydrogen-bond acceptors (Lipinski definition) is 3. The van der Waals surface area contributed by atoms with Crippen molar-refractivity contribution in [2.24, 2.45) is 5.92 Å². The number of rotatable bonds is 5. The predicted octanol–water partition coefficient (Wildman–Crippen LogP) is 4.23. The third kappa shape index (κ3) is 4.56. The van der Waals surface area contributed by atoms with E-state index in [4.69, 9.17) is 0 Å². The van der Waals surface area contributed by atoms with Crippen LogP contribution in [0.25, 0.3) is 0 Å². The number of hydrogen-bond donors (Lipinski definition) is 3. The SMILES string of the molecule is O=C(N[C@H](CC1CCCCC1)c1ccccc1)[C@H]1Cc2ccc(O)cc2CN1. The van der Waals surface area contributed by atoms with Crippen LogP contribution in [0.1, 0.15) is 61.3 Å². The molecule has 28 heavy (non-hydrogen) atoms. The quantitative estimate of drug-likeness (QED) is 0.729. The van der Waals surface area contributed by atoms with Gasteiger partial charge < -0.3 is 15.7 Å². The topological polar surface area (TPSA) is 61.4 Å². The maximum Gasteiger partial charge on any atom is 0.237 e. The van der Waals surface area contributed by atoms with E-state index in [1.807, 2.05) is 12.1 Å². The molecule has 1 heterocycles. The molecular weight excluding hydrogens is 348 g/mol. The molecule has 1 aliphatic heterocycles. The standard InChI is InChI=1S/C24H30N2O2/c27-21-12-11-19-15-23(25-16-20(19)14-21)24(28)26-22(18-9-5-2-6-10-18)13-17-7-3-1-4-8-17/h2,5-6,9-12,14,17,22-23,25,27H,1,3-4,7-8,13,15-16H2,(H,26,28)/t22-,23-/m1/s1. The first-order valence-corrected chi connectivity index (χ1v) is 10.6. The van der Waals surface area contributed by atoms with Crippen LogP contribution in [0, 0.1) is 5.92 Å². The fraction of sp³-hybridized carbons (Fsp3) is 0.458. The average molecular weight is 379 g/mol. The highest BCUT2D eigenvalue weighted by atomic mass is 16.3. The molecule has 0 radical (unpaired) electrons. The molecule has 0 aromatic heterocycles. The van der Waals surface area contributed by atoms with Crippen molar-refractivity contribution in [1.82, 2.24) is 10.6 Å². The lowest BCUT2D eigenvalue weighted by molar-refractivity contribution is -0.124. The van der Waals surface area contributed by atoms with Gasteiger partial charge in [0.2, 0.25) is 5.91 Å². The fourth-order valence-corrected chi connectivity index (χ4v) is 4.68. The molecular formula is C24H30N2O2. The van der Waals surface area contributed by atoms with Crippen molar-refractivity contribution in [3.8, 4) is 5.75 Å². The van der Waals surface area contributed by atoms with Gasteiger partial charge in [-0.1, -0.05) is 68.5 Å². The van der Waals surface area contributed by atoms with Crippen LogP contribution in [0.4, 0.5) is 0 Å². The Kier molecular flexibility index (Phi) is 5.96. The molecule has 0 spiro atoms. The minimum atomic E-state index is -0.227. The van der Waals surface area contributed by atoms with E-state index >= 15 is 0 Å². The minimum absolute atomic E-state index is 0.0693. The highest BCUT2D eigenvalue weighted by Crippen LogP contribution is 2.32. The number of carbonyl (C=O) groups is 1. The number of phenols is 1. The first-order chi connectivity index (χ1) is 13.7. The van der Waals surface area contributed by atoms with Gasteiger partial charge in [-0.05, 0) is 47.6 Å². The maximum absolute atomic E-state index is 13.1. The van der Waals surface area contributed by atoms with Crippen molar-refractivity contribution in [2.45, 2.75) is 63.6 Å². The van der Waals surface area contributed by atoms with Gasteiger partial charge in [-0.25, -0.2) is 0 Å². The molecule has 3 N–H and O–H groups in total. The summed E-state index contributed by atoms with van der Waals surface area (Å²) in [6, 6.07) is 15.6. The first kappa shape index (κ1) is 19.0. The lowest BCUT2D eigenvalue weighted by Gasteiger charge is -2.30. The zero-order chi connectivity index (χ0) is 19.3. The largest absolute Gasteiger partial charge is 0.508 e. The molecule has 1 aliphatic carbocycles. The van der Waals surface area contributed by atoms with E-state index in [1.54, 1.807) is 12.1 Å². The third-order valence-corrected chi connectivity index (χ3v) is 6.28. The van der Waals surface area contributed by atoms with Gasteiger partial charge in [-0.2, -0.15) is 0 Å². The lowest BCUT2D eigenvalue weighted by atomic mass is 9.83. The number of amides is 1. The third-order valence-electron chi connectivity index (χ3n) is 6.28. The Labute approximate surface area is 167 Å². The summed E-state index contributed by atoms with van der Waals surface area (Å²) in [7, 11) is 0. The summed E-state index contributed by atoms with van der Waals surface area (Å²) in [6.45, 7) is 0.612. The van der Waals surface area contributed by atoms with Crippen molar-refractivity contribution < 1.29 is 9.90 Å². The molecule has 0 bridgehead atoms. The highest BCUT2D eigenvalue weighted by molar-refractivity contribution is 5.83. The summed E-state index contributed by atoms with van der Waals surface area (Å²) >= 11 is 0. The summed E-state index contributed by atoms with van der Waals surface area (Å²) in [5.74, 6) is 1.05. The Morgan fingerprint density at radius 1 is 1.07 bits per heavy atom. The monoisotopic (exact) mass is 378 g/mol. The summed E-state index contributed by atoms with van der Waals surface area (Å²) in [5, 5.41) is 16.3. The van der Waals surface area contributed by atoms with E-state index in [1.165, 1.54) is 37.7 Å². The van der Waals surface area contributed by atoms with E-state index in [9.17, 15) is 9.90 Å². The van der Waals surface area contributed by atoms with Gasteiger partial charge in [-0.3, -0.25) is 4.79 Å². The predicted molar refractivity (Wildman–Crippen MR) is 111 cm³/mol. The molecule has 148 valence electrons. The number of carbonyl (C=O) groups excluding carboxylic acids is 1. The van der Waals surface area contributed by atoms with Crippen molar-refractivity contribution in [1.29, 1.82) is 0 Å². The summed E-state index contributed by atoms with van der Waals surface area (Å²) in [5.41, 5.74) is 3.41. The second kappa shape index (κ2) is 8.78. The Morgan fingerprint density at radius 3 is 2.64 bits per heavy atom. The van der Waals surface area contributed by atoms with Crippen LogP contribution in [0.5, 0.6) is 5.75 Å². The second-order valence-corrected chi connectivity index (χ2v) is 8.30. The molecule has 4 nitrogen and oxygen atoms in total. The molecule has 2 atom stereocenters. The van der Waals surface area contributed by atoms with Crippen LogP contribution < -0.4 is 10.6 Å².